The van der Waals surface area contributed by atoms with E-state index in [0.717, 1.165) is 17.4 Å². The van der Waals surface area contributed by atoms with Crippen LogP contribution in [-0.2, 0) is 13.0 Å². The topological polar surface area (TPSA) is 120 Å². The number of aliphatic hydroxyl groups is 1. The molecule has 0 spiro atoms. The van der Waals surface area contributed by atoms with Crippen molar-refractivity contribution in [2.45, 2.75) is 25.2 Å². The summed E-state index contributed by atoms with van der Waals surface area (Å²) in [5, 5.41) is 13.7. The highest BCUT2D eigenvalue weighted by Crippen LogP contribution is 2.26. The lowest BCUT2D eigenvalue weighted by Crippen LogP contribution is -2.38. The Kier molecular flexibility index (Phi) is 12.9. The molecule has 0 aliphatic heterocycles. The minimum Gasteiger partial charge on any atom is -0.491 e. The predicted octanol–water partition coefficient (Wildman–Crippen LogP) is 4.62. The van der Waals surface area contributed by atoms with Crippen LogP contribution in [0.5, 0.6) is 17.2 Å². The van der Waals surface area contributed by atoms with E-state index in [9.17, 15) is 14.7 Å². The number of aliphatic hydroxyl groups excluding tert-OH is 1. The van der Waals surface area contributed by atoms with E-state index in [1.54, 1.807) is 42.5 Å². The molecule has 0 aliphatic rings. The minimum atomic E-state index is -0.763. The molecule has 0 saturated heterocycles. The summed E-state index contributed by atoms with van der Waals surface area (Å²) in [5.41, 5.74) is 8.51. The average Bonchev–Trinajstić information content (AvgIpc) is 3.00. The average molecular weight is 591 g/mol. The van der Waals surface area contributed by atoms with Crippen molar-refractivity contribution in [1.29, 1.82) is 0 Å². The minimum absolute atomic E-state index is 0. The van der Waals surface area contributed by atoms with Crippen molar-refractivity contribution in [3.8, 4) is 17.2 Å². The summed E-state index contributed by atoms with van der Waals surface area (Å²) in [6, 6.07) is 31.3. The Balaban J connectivity index is 0.00000484. The van der Waals surface area contributed by atoms with Gasteiger partial charge in [0.25, 0.3) is 5.91 Å². The van der Waals surface area contributed by atoms with Crippen molar-refractivity contribution < 1.29 is 28.9 Å². The summed E-state index contributed by atoms with van der Waals surface area (Å²) < 4.78 is 17.8. The second-order valence-corrected chi connectivity index (χ2v) is 9.54. The largest absolute Gasteiger partial charge is 0.491 e. The number of ether oxygens (including phenoxy) is 3. The molecule has 9 heteroatoms. The third kappa shape index (κ3) is 10.2. The number of hydrogen-bond acceptors (Lipinski definition) is 7. The Bertz CT molecular complexity index is 1390. The first kappa shape index (κ1) is 32.1. The summed E-state index contributed by atoms with van der Waals surface area (Å²) in [5.74, 6) is 0.827. The lowest BCUT2D eigenvalue weighted by atomic mass is 10.1. The van der Waals surface area contributed by atoms with Crippen LogP contribution in [0.15, 0.2) is 103 Å². The Morgan fingerprint density at radius 3 is 2.12 bits per heavy atom. The third-order valence-electron chi connectivity index (χ3n) is 6.27. The summed E-state index contributed by atoms with van der Waals surface area (Å²) in [7, 11) is 0. The van der Waals surface area contributed by atoms with Crippen molar-refractivity contribution in [2.24, 2.45) is 5.73 Å². The van der Waals surface area contributed by atoms with Gasteiger partial charge in [-0.2, -0.15) is 0 Å². The molecule has 1 amide bonds. The first-order valence-corrected chi connectivity index (χ1v) is 13.4. The first-order valence-electron chi connectivity index (χ1n) is 13.4. The summed E-state index contributed by atoms with van der Waals surface area (Å²) in [6.45, 7) is 1.10. The number of nitrogens with two attached hydrogens (primary N) is 1. The quantitative estimate of drug-likeness (QED) is 0.163. The Morgan fingerprint density at radius 1 is 0.833 bits per heavy atom. The smallest absolute Gasteiger partial charge is 0.252 e. The van der Waals surface area contributed by atoms with E-state index >= 15 is 0 Å². The van der Waals surface area contributed by atoms with Gasteiger partial charge < -0.3 is 30.4 Å². The Labute approximate surface area is 251 Å². The SMILES string of the molecule is Cl.NC(=O)c1cc(OC(CNCC(O)COc2ccc(C=O)cc2)Cc2ccccc2)ccc1OCc1ccccc1. The van der Waals surface area contributed by atoms with Gasteiger partial charge in [-0.15, -0.1) is 12.4 Å². The highest BCUT2D eigenvalue weighted by molar-refractivity contribution is 5.96. The van der Waals surface area contributed by atoms with Gasteiger partial charge >= 0.3 is 0 Å². The van der Waals surface area contributed by atoms with Gasteiger partial charge in [-0.25, -0.2) is 0 Å². The second kappa shape index (κ2) is 16.8. The zero-order chi connectivity index (χ0) is 28.9. The monoisotopic (exact) mass is 590 g/mol. The number of nitrogens with one attached hydrogen (secondary N) is 1. The van der Waals surface area contributed by atoms with Crippen LogP contribution in [0.25, 0.3) is 0 Å². The fraction of sp³-hybridized carbons (Fsp3) is 0.212. The fourth-order valence-electron chi connectivity index (χ4n) is 4.17. The van der Waals surface area contributed by atoms with Crippen molar-refractivity contribution in [3.63, 3.8) is 0 Å². The molecule has 2 atom stereocenters. The van der Waals surface area contributed by atoms with Gasteiger partial charge in [-0.05, 0) is 53.6 Å². The van der Waals surface area contributed by atoms with E-state index in [1.807, 2.05) is 60.7 Å². The number of aldehydes is 1. The van der Waals surface area contributed by atoms with Gasteiger partial charge in [0.2, 0.25) is 0 Å². The molecule has 0 aromatic heterocycles. The van der Waals surface area contributed by atoms with Crippen LogP contribution in [0.4, 0.5) is 0 Å². The molecule has 42 heavy (non-hydrogen) atoms. The lowest BCUT2D eigenvalue weighted by molar-refractivity contribution is 0.0991. The number of rotatable bonds is 16. The highest BCUT2D eigenvalue weighted by Gasteiger charge is 2.17. The molecule has 2 unspecified atom stereocenters. The predicted molar refractivity (Wildman–Crippen MR) is 164 cm³/mol. The summed E-state index contributed by atoms with van der Waals surface area (Å²) in [6.07, 6.45) is 0.292. The van der Waals surface area contributed by atoms with E-state index in [-0.39, 0.29) is 37.2 Å². The van der Waals surface area contributed by atoms with Crippen molar-refractivity contribution >= 4 is 24.6 Å². The zero-order valence-corrected chi connectivity index (χ0v) is 23.9. The molecule has 4 aromatic rings. The van der Waals surface area contributed by atoms with Gasteiger partial charge in [0, 0.05) is 25.1 Å². The first-order chi connectivity index (χ1) is 20.0. The maximum Gasteiger partial charge on any atom is 0.252 e. The standard InChI is InChI=1S/C33H34N2O6.ClH/c34-33(38)31-18-29(15-16-32(31)40-22-26-9-5-2-6-10-26)41-30(17-24-7-3-1-4-8-24)20-35-19-27(37)23-39-28-13-11-25(21-36)12-14-28;/h1-16,18,21,27,30,35,37H,17,19-20,22-23H2,(H2,34,38);1H. The van der Waals surface area contributed by atoms with Gasteiger partial charge in [0.1, 0.15) is 49.0 Å². The molecule has 4 N–H and O–H groups in total. The van der Waals surface area contributed by atoms with Gasteiger partial charge in [-0.1, -0.05) is 60.7 Å². The van der Waals surface area contributed by atoms with Gasteiger partial charge in [0.05, 0.1) is 5.56 Å². The molecular weight excluding hydrogens is 556 g/mol. The van der Waals surface area contributed by atoms with Crippen LogP contribution in [0.1, 0.15) is 31.8 Å². The molecule has 0 radical (unpaired) electrons. The lowest BCUT2D eigenvalue weighted by Gasteiger charge is -2.22. The zero-order valence-electron chi connectivity index (χ0n) is 23.1. The van der Waals surface area contributed by atoms with Crippen molar-refractivity contribution in [2.75, 3.05) is 19.7 Å². The van der Waals surface area contributed by atoms with E-state index < -0.39 is 12.0 Å². The van der Waals surface area contributed by atoms with Crippen LogP contribution in [-0.4, -0.2) is 49.2 Å². The van der Waals surface area contributed by atoms with Crippen LogP contribution >= 0.6 is 12.4 Å². The molecule has 0 saturated carbocycles. The number of halogens is 1. The molecule has 0 fully saturated rings. The number of benzene rings is 4. The number of carbonyl (C=O) groups is 2. The van der Waals surface area contributed by atoms with Crippen LogP contribution in [0.3, 0.4) is 0 Å². The molecule has 220 valence electrons. The molecule has 4 aromatic carbocycles. The van der Waals surface area contributed by atoms with Crippen LogP contribution in [0.2, 0.25) is 0 Å². The van der Waals surface area contributed by atoms with E-state index in [1.165, 1.54) is 0 Å². The van der Waals surface area contributed by atoms with Crippen LogP contribution in [0, 0.1) is 0 Å². The fourth-order valence-corrected chi connectivity index (χ4v) is 4.17. The van der Waals surface area contributed by atoms with E-state index in [0.29, 0.717) is 42.4 Å². The van der Waals surface area contributed by atoms with Crippen molar-refractivity contribution in [1.82, 2.24) is 5.32 Å². The van der Waals surface area contributed by atoms with E-state index in [2.05, 4.69) is 5.32 Å². The van der Waals surface area contributed by atoms with Crippen LogP contribution < -0.4 is 25.3 Å². The number of amides is 1. The Morgan fingerprint density at radius 2 is 1.48 bits per heavy atom. The molecular formula is C33H35ClN2O6. The normalized spacial score (nSPS) is 11.9. The summed E-state index contributed by atoms with van der Waals surface area (Å²) in [4.78, 5) is 23.0. The third-order valence-corrected chi connectivity index (χ3v) is 6.27. The molecule has 4 rings (SSSR count). The summed E-state index contributed by atoms with van der Waals surface area (Å²) >= 11 is 0. The number of hydrogen-bond donors (Lipinski definition) is 3. The van der Waals surface area contributed by atoms with Gasteiger partial charge in [0.15, 0.2) is 0 Å². The molecule has 0 aliphatic carbocycles. The van der Waals surface area contributed by atoms with Crippen molar-refractivity contribution in [3.05, 3.63) is 125 Å². The number of carbonyl (C=O) groups excluding carboxylic acids is 2. The Hall–Kier alpha value is -4.37. The number of primary amides is 1. The molecule has 0 bridgehead atoms. The maximum absolute atomic E-state index is 12.2. The maximum atomic E-state index is 12.2. The van der Waals surface area contributed by atoms with E-state index in [4.69, 9.17) is 19.9 Å². The molecule has 8 nitrogen and oxygen atoms in total. The van der Waals surface area contributed by atoms with Gasteiger partial charge in [-0.3, -0.25) is 9.59 Å². The highest BCUT2D eigenvalue weighted by atomic mass is 35.5. The molecule has 0 heterocycles. The second-order valence-electron chi connectivity index (χ2n) is 9.54.